The van der Waals surface area contributed by atoms with Crippen molar-refractivity contribution in [3.8, 4) is 0 Å². The highest BCUT2D eigenvalue weighted by atomic mass is 16.3. The molecule has 0 spiro atoms. The second kappa shape index (κ2) is 1.73. The molecule has 1 N–H and O–H groups in total. The summed E-state index contributed by atoms with van der Waals surface area (Å²) in [5, 5.41) is 9.16. The van der Waals surface area contributed by atoms with E-state index in [4.69, 9.17) is 5.11 Å². The molecule has 0 radical (unpaired) electrons. The van der Waals surface area contributed by atoms with Crippen LogP contribution in [0.15, 0.2) is 0 Å². The van der Waals surface area contributed by atoms with Crippen molar-refractivity contribution in [3.05, 3.63) is 0 Å². The molecule has 0 saturated heterocycles. The van der Waals surface area contributed by atoms with Gasteiger partial charge in [-0.1, -0.05) is 20.8 Å². The number of rotatable bonds is 0. The fraction of sp³-hybridized carbons (Fsp3) is 1.00. The minimum Gasteiger partial charge on any atom is -0.393 e. The Balaban J connectivity index is 2.42. The van der Waals surface area contributed by atoms with E-state index in [1.165, 1.54) is 0 Å². The minimum absolute atomic E-state index is 0.0231. The summed E-state index contributed by atoms with van der Waals surface area (Å²) in [4.78, 5) is 0. The Bertz CT molecular complexity index is 58.4. The van der Waals surface area contributed by atoms with E-state index in [1.54, 1.807) is 0 Å². The van der Waals surface area contributed by atoms with Crippen molar-refractivity contribution in [3.63, 3.8) is 0 Å². The SMILES string of the molecule is CC1C(C)C(O)C1C. The summed E-state index contributed by atoms with van der Waals surface area (Å²) >= 11 is 0. The molecule has 1 heteroatoms. The van der Waals surface area contributed by atoms with Crippen LogP contribution in [0.25, 0.3) is 0 Å². The molecule has 1 saturated carbocycles. The highest BCUT2D eigenvalue weighted by molar-refractivity contribution is 4.89. The fourth-order valence-electron chi connectivity index (χ4n) is 1.43. The van der Waals surface area contributed by atoms with Crippen LogP contribution in [0.1, 0.15) is 20.8 Å². The van der Waals surface area contributed by atoms with E-state index in [0.29, 0.717) is 11.8 Å². The molecule has 1 aliphatic carbocycles. The second-order valence-corrected chi connectivity index (χ2v) is 3.07. The molecule has 0 bridgehead atoms. The van der Waals surface area contributed by atoms with Crippen LogP contribution in [0.4, 0.5) is 0 Å². The molecule has 1 nitrogen and oxygen atoms in total. The third-order valence-electron chi connectivity index (χ3n) is 2.74. The van der Waals surface area contributed by atoms with Gasteiger partial charge in [0.05, 0.1) is 6.10 Å². The second-order valence-electron chi connectivity index (χ2n) is 3.07. The van der Waals surface area contributed by atoms with Crippen LogP contribution < -0.4 is 0 Å². The van der Waals surface area contributed by atoms with Crippen molar-refractivity contribution in [2.75, 3.05) is 0 Å². The van der Waals surface area contributed by atoms with Crippen molar-refractivity contribution in [1.29, 1.82) is 0 Å². The largest absolute Gasteiger partial charge is 0.393 e. The maximum absolute atomic E-state index is 9.16. The molecule has 0 aliphatic heterocycles. The maximum atomic E-state index is 9.16. The topological polar surface area (TPSA) is 20.2 Å². The average Bonchev–Trinajstić information content (AvgIpc) is 1.83. The lowest BCUT2D eigenvalue weighted by atomic mass is 9.65. The lowest BCUT2D eigenvalue weighted by Gasteiger charge is -2.44. The molecule has 8 heavy (non-hydrogen) atoms. The van der Waals surface area contributed by atoms with Crippen LogP contribution >= 0.6 is 0 Å². The fourth-order valence-corrected chi connectivity index (χ4v) is 1.43. The van der Waals surface area contributed by atoms with E-state index >= 15 is 0 Å². The standard InChI is InChI=1S/C7H14O/c1-4-5(2)7(8)6(4)3/h4-8H,1-3H3. The first-order chi connectivity index (χ1) is 3.64. The summed E-state index contributed by atoms with van der Waals surface area (Å²) in [6.45, 7) is 6.41. The van der Waals surface area contributed by atoms with Crippen LogP contribution in [0.5, 0.6) is 0 Å². The summed E-state index contributed by atoms with van der Waals surface area (Å²) in [6, 6.07) is 0. The van der Waals surface area contributed by atoms with Crippen molar-refractivity contribution in [2.45, 2.75) is 26.9 Å². The van der Waals surface area contributed by atoms with Gasteiger partial charge >= 0.3 is 0 Å². The van der Waals surface area contributed by atoms with Gasteiger partial charge in [0.1, 0.15) is 0 Å². The van der Waals surface area contributed by atoms with Crippen LogP contribution in [0.2, 0.25) is 0 Å². The van der Waals surface area contributed by atoms with E-state index in [2.05, 4.69) is 20.8 Å². The van der Waals surface area contributed by atoms with E-state index < -0.39 is 0 Å². The molecule has 0 aromatic heterocycles. The third-order valence-corrected chi connectivity index (χ3v) is 2.74. The zero-order valence-electron chi connectivity index (χ0n) is 5.76. The van der Waals surface area contributed by atoms with Crippen LogP contribution in [-0.4, -0.2) is 11.2 Å². The van der Waals surface area contributed by atoms with Crippen LogP contribution in [0, 0.1) is 17.8 Å². The van der Waals surface area contributed by atoms with E-state index in [0.717, 1.165) is 5.92 Å². The van der Waals surface area contributed by atoms with E-state index in [1.807, 2.05) is 0 Å². The lowest BCUT2D eigenvalue weighted by Crippen LogP contribution is -2.46. The Morgan fingerprint density at radius 1 is 0.875 bits per heavy atom. The maximum Gasteiger partial charge on any atom is 0.0596 e. The van der Waals surface area contributed by atoms with Gasteiger partial charge in [0.25, 0.3) is 0 Å². The first-order valence-electron chi connectivity index (χ1n) is 3.32. The summed E-state index contributed by atoms with van der Waals surface area (Å²) in [5.74, 6) is 1.79. The zero-order valence-corrected chi connectivity index (χ0v) is 5.76. The van der Waals surface area contributed by atoms with E-state index in [-0.39, 0.29) is 6.10 Å². The molecule has 0 amide bonds. The summed E-state index contributed by atoms with van der Waals surface area (Å²) in [7, 11) is 0. The highest BCUT2D eigenvalue weighted by Crippen LogP contribution is 2.39. The first-order valence-corrected chi connectivity index (χ1v) is 3.32. The van der Waals surface area contributed by atoms with Gasteiger partial charge in [0.2, 0.25) is 0 Å². The van der Waals surface area contributed by atoms with Crippen molar-refractivity contribution in [1.82, 2.24) is 0 Å². The number of aliphatic hydroxyl groups excluding tert-OH is 1. The molecule has 0 heterocycles. The number of hydrogen-bond acceptors (Lipinski definition) is 1. The van der Waals surface area contributed by atoms with Gasteiger partial charge in [0, 0.05) is 0 Å². The monoisotopic (exact) mass is 114 g/mol. The summed E-state index contributed by atoms with van der Waals surface area (Å²) < 4.78 is 0. The average molecular weight is 114 g/mol. The van der Waals surface area contributed by atoms with Gasteiger partial charge in [0.15, 0.2) is 0 Å². The lowest BCUT2D eigenvalue weighted by molar-refractivity contribution is -0.0751. The normalized spacial score (nSPS) is 55.5. The number of aliphatic hydroxyl groups is 1. The first kappa shape index (κ1) is 6.09. The predicted molar refractivity (Wildman–Crippen MR) is 33.5 cm³/mol. The molecule has 0 aromatic carbocycles. The smallest absolute Gasteiger partial charge is 0.0596 e. The van der Waals surface area contributed by atoms with Gasteiger partial charge < -0.3 is 5.11 Å². The molecular weight excluding hydrogens is 100 g/mol. The Labute approximate surface area is 50.7 Å². The third kappa shape index (κ3) is 0.576. The molecule has 1 rings (SSSR count). The van der Waals surface area contributed by atoms with Crippen LogP contribution in [0.3, 0.4) is 0 Å². The van der Waals surface area contributed by atoms with Gasteiger partial charge in [-0.15, -0.1) is 0 Å². The minimum atomic E-state index is -0.0231. The quantitative estimate of drug-likeness (QED) is 0.503. The van der Waals surface area contributed by atoms with Crippen molar-refractivity contribution in [2.24, 2.45) is 17.8 Å². The van der Waals surface area contributed by atoms with Gasteiger partial charge in [-0.3, -0.25) is 0 Å². The van der Waals surface area contributed by atoms with Crippen molar-refractivity contribution >= 4 is 0 Å². The molecule has 1 fully saturated rings. The molecule has 48 valence electrons. The summed E-state index contributed by atoms with van der Waals surface area (Å²) in [5.41, 5.74) is 0. The summed E-state index contributed by atoms with van der Waals surface area (Å²) in [6.07, 6.45) is -0.0231. The molecule has 0 aromatic rings. The molecule has 2 unspecified atom stereocenters. The molecule has 1 aliphatic rings. The van der Waals surface area contributed by atoms with Crippen molar-refractivity contribution < 1.29 is 5.11 Å². The van der Waals surface area contributed by atoms with Gasteiger partial charge in [-0.05, 0) is 17.8 Å². The highest BCUT2D eigenvalue weighted by Gasteiger charge is 2.40. The molecule has 2 atom stereocenters. The molecular formula is C7H14O. The Hall–Kier alpha value is -0.0400. The zero-order chi connectivity index (χ0) is 6.31. The van der Waals surface area contributed by atoms with E-state index in [9.17, 15) is 0 Å². The number of hydrogen-bond donors (Lipinski definition) is 1. The van der Waals surface area contributed by atoms with Crippen LogP contribution in [-0.2, 0) is 0 Å². The Morgan fingerprint density at radius 2 is 1.25 bits per heavy atom. The van der Waals surface area contributed by atoms with Gasteiger partial charge in [-0.2, -0.15) is 0 Å². The van der Waals surface area contributed by atoms with Gasteiger partial charge in [-0.25, -0.2) is 0 Å². The Morgan fingerprint density at radius 3 is 1.38 bits per heavy atom. The Kier molecular flexibility index (Phi) is 1.31. The predicted octanol–water partition coefficient (Wildman–Crippen LogP) is 1.27.